The maximum absolute atomic E-state index is 13.5. The van der Waals surface area contributed by atoms with Gasteiger partial charge in [0.15, 0.2) is 0 Å². The van der Waals surface area contributed by atoms with Crippen LogP contribution in [0.15, 0.2) is 89.8 Å². The van der Waals surface area contributed by atoms with E-state index in [2.05, 4.69) is 40.5 Å². The highest BCUT2D eigenvalue weighted by molar-refractivity contribution is 8.26. The Morgan fingerprint density at radius 3 is 2.43 bits per heavy atom. The number of nitrogens with one attached hydrogen (secondary N) is 1. The first kappa shape index (κ1) is 32.4. The zero-order valence-electron chi connectivity index (χ0n) is 25.5. The van der Waals surface area contributed by atoms with Crippen LogP contribution in [0.2, 0.25) is 0 Å². The number of carbonyl (C=O) groups is 3. The van der Waals surface area contributed by atoms with Crippen LogP contribution in [0.4, 0.5) is 5.69 Å². The molecule has 0 spiro atoms. The molecule has 47 heavy (non-hydrogen) atoms. The third kappa shape index (κ3) is 8.06. The molecule has 0 bridgehead atoms. The van der Waals surface area contributed by atoms with Crippen molar-refractivity contribution < 1.29 is 29.0 Å². The third-order valence-corrected chi connectivity index (χ3v) is 9.38. The van der Waals surface area contributed by atoms with E-state index in [0.717, 1.165) is 60.3 Å². The van der Waals surface area contributed by atoms with Crippen LogP contribution in [-0.2, 0) is 14.3 Å². The summed E-state index contributed by atoms with van der Waals surface area (Å²) in [5.41, 5.74) is 3.40. The lowest BCUT2D eigenvalue weighted by molar-refractivity contribution is -0.122. The van der Waals surface area contributed by atoms with Crippen LogP contribution in [0.1, 0.15) is 22.3 Å². The van der Waals surface area contributed by atoms with Crippen molar-refractivity contribution in [1.29, 1.82) is 0 Å². The third-order valence-electron chi connectivity index (χ3n) is 8.00. The van der Waals surface area contributed by atoms with Gasteiger partial charge in [-0.05, 0) is 70.4 Å². The monoisotopic (exact) mass is 667 g/mol. The number of amides is 2. The SMILES string of the molecule is O=C(CCN1C(=O)C(=Cc2cc(-c3ccc4ccccc4c3)ccc2OCCN2CCOCC2)SC1=S)Nc1ccc(C(=O)O)cc1. The second-order valence-corrected chi connectivity index (χ2v) is 12.8. The predicted molar refractivity (Wildman–Crippen MR) is 189 cm³/mol. The van der Waals surface area contributed by atoms with E-state index in [-0.39, 0.29) is 30.3 Å². The van der Waals surface area contributed by atoms with Gasteiger partial charge < -0.3 is 19.9 Å². The number of thioether (sulfide) groups is 1. The number of rotatable bonds is 11. The minimum Gasteiger partial charge on any atom is -0.492 e. The molecule has 2 fully saturated rings. The molecule has 0 unspecified atom stereocenters. The van der Waals surface area contributed by atoms with Crippen LogP contribution in [0.25, 0.3) is 28.0 Å². The largest absolute Gasteiger partial charge is 0.492 e. The van der Waals surface area contributed by atoms with Crippen LogP contribution in [0, 0.1) is 0 Å². The minimum atomic E-state index is -1.04. The van der Waals surface area contributed by atoms with Crippen molar-refractivity contribution in [2.24, 2.45) is 0 Å². The van der Waals surface area contributed by atoms with Crippen molar-refractivity contribution in [3.63, 3.8) is 0 Å². The number of carboxylic acid groups (broad SMARTS) is 1. The average molecular weight is 668 g/mol. The molecule has 2 saturated heterocycles. The van der Waals surface area contributed by atoms with E-state index in [0.29, 0.717) is 27.3 Å². The lowest BCUT2D eigenvalue weighted by Gasteiger charge is -2.26. The number of ether oxygens (including phenoxy) is 2. The molecule has 2 N–H and O–H groups in total. The molecule has 0 saturated carbocycles. The molecular weight excluding hydrogens is 635 g/mol. The maximum atomic E-state index is 13.5. The number of benzene rings is 4. The topological polar surface area (TPSA) is 108 Å². The standard InChI is InChI=1S/C36H33N3O6S2/c40-33(37-30-10-7-25(8-11-30)35(42)43)13-14-39-34(41)32(47-36(39)46)23-29-22-28(27-6-5-24-3-1-2-4-26(24)21-27)9-12-31(29)45-20-17-38-15-18-44-19-16-38/h1-12,21-23H,13-20H2,(H,37,40)(H,42,43). The second kappa shape index (κ2) is 14.9. The number of hydrogen-bond donors (Lipinski definition) is 2. The van der Waals surface area contributed by atoms with E-state index in [9.17, 15) is 14.4 Å². The summed E-state index contributed by atoms with van der Waals surface area (Å²) in [6, 6.07) is 26.4. The fraction of sp³-hybridized carbons (Fsp3) is 0.222. The Balaban J connectivity index is 1.18. The van der Waals surface area contributed by atoms with Gasteiger partial charge in [0, 0.05) is 43.9 Å². The Bertz CT molecular complexity index is 1850. The Hall–Kier alpha value is -4.55. The van der Waals surface area contributed by atoms with Gasteiger partial charge in [-0.2, -0.15) is 0 Å². The van der Waals surface area contributed by atoms with E-state index >= 15 is 0 Å². The zero-order valence-corrected chi connectivity index (χ0v) is 27.1. The summed E-state index contributed by atoms with van der Waals surface area (Å²) in [5, 5.41) is 14.1. The molecule has 2 heterocycles. The number of carboxylic acids is 1. The summed E-state index contributed by atoms with van der Waals surface area (Å²) >= 11 is 6.75. The van der Waals surface area contributed by atoms with Gasteiger partial charge >= 0.3 is 5.97 Å². The molecule has 0 aliphatic carbocycles. The molecule has 2 amide bonds. The van der Waals surface area contributed by atoms with Crippen LogP contribution >= 0.6 is 24.0 Å². The second-order valence-electron chi connectivity index (χ2n) is 11.1. The normalized spacial score (nSPS) is 16.2. The summed E-state index contributed by atoms with van der Waals surface area (Å²) in [7, 11) is 0. The van der Waals surface area contributed by atoms with Crippen LogP contribution in [0.5, 0.6) is 5.75 Å². The molecule has 2 aliphatic heterocycles. The van der Waals surface area contributed by atoms with Gasteiger partial charge in [0.05, 0.1) is 23.7 Å². The molecule has 0 aromatic heterocycles. The van der Waals surface area contributed by atoms with Crippen molar-refractivity contribution in [3.8, 4) is 16.9 Å². The van der Waals surface area contributed by atoms with Crippen LogP contribution in [0.3, 0.4) is 0 Å². The quantitative estimate of drug-likeness (QED) is 0.144. The van der Waals surface area contributed by atoms with Crippen molar-refractivity contribution in [2.75, 3.05) is 51.3 Å². The fourth-order valence-corrected chi connectivity index (χ4v) is 6.72. The Labute approximate surface area is 282 Å². The van der Waals surface area contributed by atoms with E-state index < -0.39 is 5.97 Å². The number of fused-ring (bicyclic) bond motifs is 1. The first-order valence-corrected chi connectivity index (χ1v) is 16.5. The van der Waals surface area contributed by atoms with Crippen LogP contribution < -0.4 is 10.1 Å². The van der Waals surface area contributed by atoms with Crippen molar-refractivity contribution in [3.05, 3.63) is 101 Å². The summed E-state index contributed by atoms with van der Waals surface area (Å²) in [5.74, 6) is -0.960. The minimum absolute atomic E-state index is 0.0216. The first-order valence-electron chi connectivity index (χ1n) is 15.3. The molecule has 9 nitrogen and oxygen atoms in total. The summed E-state index contributed by atoms with van der Waals surface area (Å²) in [6.07, 6.45) is 1.84. The smallest absolute Gasteiger partial charge is 0.335 e. The molecule has 240 valence electrons. The molecule has 2 aliphatic rings. The van der Waals surface area contributed by atoms with E-state index in [1.807, 2.05) is 36.4 Å². The average Bonchev–Trinajstić information content (AvgIpc) is 3.35. The van der Waals surface area contributed by atoms with E-state index in [1.54, 1.807) is 0 Å². The molecule has 4 aromatic carbocycles. The van der Waals surface area contributed by atoms with Crippen LogP contribution in [-0.4, -0.2) is 83.0 Å². The van der Waals surface area contributed by atoms with Gasteiger partial charge in [-0.3, -0.25) is 19.4 Å². The number of carbonyl (C=O) groups excluding carboxylic acids is 2. The first-order chi connectivity index (χ1) is 22.8. The number of aromatic carboxylic acids is 1. The van der Waals surface area contributed by atoms with Gasteiger partial charge in [-0.25, -0.2) is 4.79 Å². The molecule has 11 heteroatoms. The number of anilines is 1. The fourth-order valence-electron chi connectivity index (χ4n) is 5.42. The van der Waals surface area contributed by atoms with Gasteiger partial charge in [0.1, 0.15) is 16.7 Å². The maximum Gasteiger partial charge on any atom is 0.335 e. The van der Waals surface area contributed by atoms with Crippen molar-refractivity contribution >= 4 is 68.6 Å². The van der Waals surface area contributed by atoms with Gasteiger partial charge in [0.25, 0.3) is 5.91 Å². The molecule has 0 atom stereocenters. The van der Waals surface area contributed by atoms with Gasteiger partial charge in [-0.15, -0.1) is 0 Å². The lowest BCUT2D eigenvalue weighted by atomic mass is 9.99. The summed E-state index contributed by atoms with van der Waals surface area (Å²) in [6.45, 7) is 4.54. The Morgan fingerprint density at radius 2 is 1.66 bits per heavy atom. The number of thiocarbonyl (C=S) groups is 1. The van der Waals surface area contributed by atoms with E-state index in [4.69, 9.17) is 26.8 Å². The highest BCUT2D eigenvalue weighted by Gasteiger charge is 2.32. The number of hydrogen-bond acceptors (Lipinski definition) is 8. The molecule has 0 radical (unpaired) electrons. The Kier molecular flexibility index (Phi) is 10.3. The summed E-state index contributed by atoms with van der Waals surface area (Å²) < 4.78 is 12.1. The van der Waals surface area contributed by atoms with Crippen molar-refractivity contribution in [2.45, 2.75) is 6.42 Å². The van der Waals surface area contributed by atoms with Gasteiger partial charge in [-0.1, -0.05) is 66.4 Å². The molecular formula is C36H33N3O6S2. The highest BCUT2D eigenvalue weighted by atomic mass is 32.2. The number of nitrogens with zero attached hydrogens (tertiary/aromatic N) is 2. The van der Waals surface area contributed by atoms with E-state index in [1.165, 1.54) is 40.9 Å². The predicted octanol–water partition coefficient (Wildman–Crippen LogP) is 6.15. The number of morpholine rings is 1. The molecule has 6 rings (SSSR count). The lowest BCUT2D eigenvalue weighted by Crippen LogP contribution is -2.38. The Morgan fingerprint density at radius 1 is 0.936 bits per heavy atom. The van der Waals surface area contributed by atoms with Gasteiger partial charge in [0.2, 0.25) is 5.91 Å². The van der Waals surface area contributed by atoms with Crippen molar-refractivity contribution in [1.82, 2.24) is 9.80 Å². The zero-order chi connectivity index (χ0) is 32.8. The summed E-state index contributed by atoms with van der Waals surface area (Å²) in [4.78, 5) is 41.4. The highest BCUT2D eigenvalue weighted by Crippen LogP contribution is 2.36. The molecule has 4 aromatic rings.